The standard InChI is InChI=1S/C20H33NO3S/c1-17(2)9-15-10-19(5,11-17)12-21(15)25(23,24)13-20-7-6-14(8-16(20)22)18(20,3)4/h14-15H,6-13H2,1-5H3/t14-,15?,19?,20+/m0/s1. The molecular weight excluding hydrogens is 334 g/mol. The molecule has 0 aromatic heterocycles. The summed E-state index contributed by atoms with van der Waals surface area (Å²) in [7, 11) is -3.42. The van der Waals surface area contributed by atoms with Crippen LogP contribution in [0, 0.1) is 27.6 Å². The number of sulfonamides is 1. The van der Waals surface area contributed by atoms with Gasteiger partial charge in [0.05, 0.1) is 5.75 Å². The van der Waals surface area contributed by atoms with Crippen LogP contribution in [0.4, 0.5) is 0 Å². The molecule has 0 N–H and O–H groups in total. The molecule has 0 amide bonds. The van der Waals surface area contributed by atoms with Gasteiger partial charge in [-0.25, -0.2) is 8.42 Å². The zero-order chi connectivity index (χ0) is 18.5. The largest absolute Gasteiger partial charge is 0.299 e. The molecule has 0 spiro atoms. The summed E-state index contributed by atoms with van der Waals surface area (Å²) >= 11 is 0. The summed E-state index contributed by atoms with van der Waals surface area (Å²) in [5, 5.41) is 0. The van der Waals surface area contributed by atoms with Gasteiger partial charge in [0, 0.05) is 24.4 Å². The second-order valence-electron chi connectivity index (χ2n) is 11.2. The normalized spacial score (nSPS) is 45.2. The van der Waals surface area contributed by atoms with Crippen molar-refractivity contribution in [3.8, 4) is 0 Å². The Hall–Kier alpha value is -0.420. The first-order valence-corrected chi connectivity index (χ1v) is 11.4. The molecule has 4 bridgehead atoms. The van der Waals surface area contributed by atoms with Crippen molar-refractivity contribution in [3.05, 3.63) is 0 Å². The highest BCUT2D eigenvalue weighted by Crippen LogP contribution is 2.64. The van der Waals surface area contributed by atoms with E-state index in [-0.39, 0.29) is 33.8 Å². The Morgan fingerprint density at radius 1 is 1.12 bits per heavy atom. The minimum atomic E-state index is -3.42. The van der Waals surface area contributed by atoms with Gasteiger partial charge in [-0.1, -0.05) is 34.6 Å². The van der Waals surface area contributed by atoms with E-state index in [0.717, 1.165) is 32.1 Å². The Labute approximate surface area is 152 Å². The van der Waals surface area contributed by atoms with Crippen LogP contribution in [0.25, 0.3) is 0 Å². The summed E-state index contributed by atoms with van der Waals surface area (Å²) in [5.41, 5.74) is -0.551. The van der Waals surface area contributed by atoms with E-state index in [4.69, 9.17) is 0 Å². The lowest BCUT2D eigenvalue weighted by atomic mass is 9.65. The first kappa shape index (κ1) is 18.0. The monoisotopic (exact) mass is 367 g/mol. The van der Waals surface area contributed by atoms with Crippen molar-refractivity contribution < 1.29 is 13.2 Å². The van der Waals surface area contributed by atoms with E-state index < -0.39 is 15.4 Å². The van der Waals surface area contributed by atoms with Crippen LogP contribution >= 0.6 is 0 Å². The lowest BCUT2D eigenvalue weighted by molar-refractivity contribution is -0.128. The SMILES string of the molecule is CC1(C)CC2CC(C)(CN2S(=O)(=O)C[C@]23CC[C@@H](CC2=O)C3(C)C)C1. The highest BCUT2D eigenvalue weighted by molar-refractivity contribution is 7.89. The van der Waals surface area contributed by atoms with Crippen molar-refractivity contribution in [1.82, 2.24) is 4.31 Å². The fourth-order valence-electron chi connectivity index (χ4n) is 7.24. The number of fused-ring (bicyclic) bond motifs is 4. The van der Waals surface area contributed by atoms with Crippen LogP contribution in [0.15, 0.2) is 0 Å². The number of ketones is 1. The second kappa shape index (κ2) is 4.89. The molecule has 4 fully saturated rings. The van der Waals surface area contributed by atoms with Gasteiger partial charge < -0.3 is 0 Å². The van der Waals surface area contributed by atoms with Gasteiger partial charge in [0.15, 0.2) is 0 Å². The molecule has 1 aliphatic heterocycles. The molecule has 2 unspecified atom stereocenters. The van der Waals surface area contributed by atoms with Gasteiger partial charge in [-0.3, -0.25) is 4.79 Å². The van der Waals surface area contributed by atoms with E-state index in [1.54, 1.807) is 4.31 Å². The lowest BCUT2D eigenvalue weighted by Crippen LogP contribution is -2.48. The number of rotatable bonds is 3. The third kappa shape index (κ3) is 2.40. The molecule has 4 aliphatic rings. The number of Topliss-reactive ketones (excluding diaryl/α,β-unsaturated/α-hetero) is 1. The van der Waals surface area contributed by atoms with Crippen molar-refractivity contribution in [2.45, 2.75) is 79.2 Å². The quantitative estimate of drug-likeness (QED) is 0.766. The number of nitrogens with zero attached hydrogens (tertiary/aromatic N) is 1. The van der Waals surface area contributed by atoms with Crippen LogP contribution in [0.3, 0.4) is 0 Å². The Bertz CT molecular complexity index is 725. The van der Waals surface area contributed by atoms with Crippen molar-refractivity contribution in [1.29, 1.82) is 0 Å². The third-order valence-electron chi connectivity index (χ3n) is 8.29. The smallest absolute Gasteiger partial charge is 0.215 e. The minimum Gasteiger partial charge on any atom is -0.299 e. The highest BCUT2D eigenvalue weighted by atomic mass is 32.2. The van der Waals surface area contributed by atoms with Crippen molar-refractivity contribution >= 4 is 15.8 Å². The summed E-state index contributed by atoms with van der Waals surface area (Å²) in [6.45, 7) is 11.6. The predicted molar refractivity (Wildman–Crippen MR) is 98.6 cm³/mol. The van der Waals surface area contributed by atoms with E-state index in [1.165, 1.54) is 0 Å². The van der Waals surface area contributed by atoms with Crippen LogP contribution in [-0.2, 0) is 14.8 Å². The number of carbonyl (C=O) groups excluding carboxylic acids is 1. The van der Waals surface area contributed by atoms with Crippen molar-refractivity contribution in [3.63, 3.8) is 0 Å². The minimum absolute atomic E-state index is 0.0370. The topological polar surface area (TPSA) is 54.5 Å². The molecule has 1 heterocycles. The summed E-state index contributed by atoms with van der Waals surface area (Å²) in [6, 6.07) is 0.118. The zero-order valence-corrected chi connectivity index (χ0v) is 17.2. The lowest BCUT2D eigenvalue weighted by Gasteiger charge is -2.40. The fraction of sp³-hybridized carbons (Fsp3) is 0.950. The van der Waals surface area contributed by atoms with Crippen LogP contribution in [0.1, 0.15) is 73.1 Å². The van der Waals surface area contributed by atoms with Gasteiger partial charge in [-0.2, -0.15) is 4.31 Å². The molecule has 5 heteroatoms. The first-order valence-electron chi connectivity index (χ1n) is 9.83. The molecule has 25 heavy (non-hydrogen) atoms. The second-order valence-corrected chi connectivity index (χ2v) is 13.1. The molecule has 0 aromatic carbocycles. The van der Waals surface area contributed by atoms with Gasteiger partial charge in [-0.15, -0.1) is 0 Å². The van der Waals surface area contributed by atoms with E-state index in [1.807, 2.05) is 0 Å². The van der Waals surface area contributed by atoms with E-state index in [0.29, 0.717) is 18.9 Å². The van der Waals surface area contributed by atoms with Gasteiger partial charge in [0.25, 0.3) is 0 Å². The Balaban J connectivity index is 1.65. The average molecular weight is 368 g/mol. The summed E-state index contributed by atoms with van der Waals surface area (Å²) < 4.78 is 28.7. The molecule has 1 saturated heterocycles. The third-order valence-corrected chi connectivity index (χ3v) is 10.3. The predicted octanol–water partition coefficient (Wildman–Crippen LogP) is 3.61. The Morgan fingerprint density at radius 2 is 1.80 bits per heavy atom. The van der Waals surface area contributed by atoms with Crippen molar-refractivity contribution in [2.24, 2.45) is 27.6 Å². The Morgan fingerprint density at radius 3 is 2.36 bits per heavy atom. The van der Waals surface area contributed by atoms with Gasteiger partial charge in [0.1, 0.15) is 5.78 Å². The van der Waals surface area contributed by atoms with E-state index in [2.05, 4.69) is 34.6 Å². The van der Waals surface area contributed by atoms with Crippen LogP contribution < -0.4 is 0 Å². The summed E-state index contributed by atoms with van der Waals surface area (Å²) in [5.74, 6) is 0.602. The van der Waals surface area contributed by atoms with Crippen molar-refractivity contribution in [2.75, 3.05) is 12.3 Å². The van der Waals surface area contributed by atoms with Crippen LogP contribution in [0.5, 0.6) is 0 Å². The van der Waals surface area contributed by atoms with Gasteiger partial charge in [-0.05, 0) is 54.3 Å². The highest BCUT2D eigenvalue weighted by Gasteiger charge is 2.66. The van der Waals surface area contributed by atoms with E-state index >= 15 is 0 Å². The molecule has 0 aromatic rings. The van der Waals surface area contributed by atoms with Crippen LogP contribution in [0.2, 0.25) is 0 Å². The summed E-state index contributed by atoms with van der Waals surface area (Å²) in [6.07, 6.45) is 5.33. The number of hydrogen-bond donors (Lipinski definition) is 0. The van der Waals surface area contributed by atoms with Gasteiger partial charge in [0.2, 0.25) is 10.0 Å². The number of hydrogen-bond acceptors (Lipinski definition) is 3. The molecule has 142 valence electrons. The first-order chi connectivity index (χ1) is 11.3. The molecule has 3 saturated carbocycles. The molecule has 4 nitrogen and oxygen atoms in total. The molecular formula is C20H33NO3S. The maximum Gasteiger partial charge on any atom is 0.215 e. The maximum absolute atomic E-state index is 13.5. The summed E-state index contributed by atoms with van der Waals surface area (Å²) in [4.78, 5) is 12.8. The fourth-order valence-corrected chi connectivity index (χ4v) is 9.81. The van der Waals surface area contributed by atoms with Crippen LogP contribution in [-0.4, -0.2) is 36.8 Å². The van der Waals surface area contributed by atoms with Gasteiger partial charge >= 0.3 is 0 Å². The molecule has 4 rings (SSSR count). The average Bonchev–Trinajstić information content (AvgIpc) is 2.89. The zero-order valence-electron chi connectivity index (χ0n) is 16.4. The molecule has 4 atom stereocenters. The maximum atomic E-state index is 13.5. The Kier molecular flexibility index (Phi) is 3.51. The van der Waals surface area contributed by atoms with E-state index in [9.17, 15) is 13.2 Å². The molecule has 0 radical (unpaired) electrons. The number of carbonyl (C=O) groups is 1. The molecule has 3 aliphatic carbocycles.